The van der Waals surface area contributed by atoms with Crippen molar-refractivity contribution in [2.45, 2.75) is 166 Å². The van der Waals surface area contributed by atoms with Gasteiger partial charge in [0, 0.05) is 35.0 Å². The molecule has 2 rings (SSSR count). The Morgan fingerprint density at radius 3 is 1.42 bits per heavy atom. The van der Waals surface area contributed by atoms with Crippen LogP contribution in [0.5, 0.6) is 0 Å². The Morgan fingerprint density at radius 1 is 0.694 bits per heavy atom. The van der Waals surface area contributed by atoms with Crippen molar-refractivity contribution in [1.29, 1.82) is 0 Å². The van der Waals surface area contributed by atoms with Crippen molar-refractivity contribution in [3.8, 4) is 0 Å². The van der Waals surface area contributed by atoms with Gasteiger partial charge in [-0.3, -0.25) is 4.79 Å². The molecule has 8 nitrogen and oxygen atoms in total. The van der Waals surface area contributed by atoms with Gasteiger partial charge < -0.3 is 30.3 Å². The third kappa shape index (κ3) is 9.92. The molecule has 0 bridgehead atoms. The topological polar surface area (TPSA) is 117 Å². The van der Waals surface area contributed by atoms with Crippen molar-refractivity contribution >= 4 is 11.9 Å². The SMILES string of the molecule is CC1(C)CC(OC(CCCCCCCC(=O)O)(OC2CC(C)(C)NC(C)(C)C2)C(=O)O)CC(C)(C)N1. The maximum Gasteiger partial charge on any atom is 0.364 e. The number of ether oxygens (including phenoxy) is 2. The van der Waals surface area contributed by atoms with Gasteiger partial charge in [-0.15, -0.1) is 0 Å². The highest BCUT2D eigenvalue weighted by atomic mass is 16.7. The molecule has 2 aliphatic heterocycles. The highest BCUT2D eigenvalue weighted by Gasteiger charge is 2.50. The molecular weight excluding hydrogens is 460 g/mol. The smallest absolute Gasteiger partial charge is 0.364 e. The third-order valence-corrected chi connectivity index (χ3v) is 7.24. The Hall–Kier alpha value is -1.22. The number of rotatable bonds is 13. The van der Waals surface area contributed by atoms with Crippen molar-refractivity contribution in [1.82, 2.24) is 10.6 Å². The summed E-state index contributed by atoms with van der Waals surface area (Å²) in [5.74, 6) is -3.54. The van der Waals surface area contributed by atoms with Gasteiger partial charge in [0.25, 0.3) is 5.79 Å². The van der Waals surface area contributed by atoms with Gasteiger partial charge in [0.1, 0.15) is 0 Å². The van der Waals surface area contributed by atoms with E-state index in [2.05, 4.69) is 66.0 Å². The number of hydrogen-bond donors (Lipinski definition) is 4. The summed E-state index contributed by atoms with van der Waals surface area (Å²) in [7, 11) is 0. The summed E-state index contributed by atoms with van der Waals surface area (Å²) in [6.45, 7) is 17.0. The summed E-state index contributed by atoms with van der Waals surface area (Å²) in [5, 5.41) is 26.7. The molecule has 0 aromatic carbocycles. The van der Waals surface area contributed by atoms with Crippen LogP contribution in [0.1, 0.15) is 126 Å². The molecular formula is C28H52N2O6. The second-order valence-corrected chi connectivity index (χ2v) is 13.8. The quantitative estimate of drug-likeness (QED) is 0.196. The molecule has 8 heteroatoms. The van der Waals surface area contributed by atoms with Gasteiger partial charge in [-0.2, -0.15) is 0 Å². The van der Waals surface area contributed by atoms with E-state index in [0.29, 0.717) is 38.5 Å². The summed E-state index contributed by atoms with van der Waals surface area (Å²) in [6, 6.07) is 0. The predicted molar refractivity (Wildman–Crippen MR) is 141 cm³/mol. The third-order valence-electron chi connectivity index (χ3n) is 7.24. The zero-order valence-electron chi connectivity index (χ0n) is 24.0. The molecule has 0 aromatic rings. The van der Waals surface area contributed by atoms with E-state index in [0.717, 1.165) is 19.3 Å². The van der Waals surface area contributed by atoms with Gasteiger partial charge in [0.05, 0.1) is 12.2 Å². The molecule has 0 unspecified atom stereocenters. The van der Waals surface area contributed by atoms with E-state index >= 15 is 0 Å². The number of nitrogens with one attached hydrogen (secondary N) is 2. The lowest BCUT2D eigenvalue weighted by atomic mass is 9.80. The van der Waals surface area contributed by atoms with Gasteiger partial charge in [0.2, 0.25) is 0 Å². The average Bonchev–Trinajstić information content (AvgIpc) is 2.61. The summed E-state index contributed by atoms with van der Waals surface area (Å²) in [6.07, 6.45) is 6.56. The second-order valence-electron chi connectivity index (χ2n) is 13.8. The van der Waals surface area contributed by atoms with Crippen LogP contribution in [0, 0.1) is 0 Å². The molecule has 2 saturated heterocycles. The Morgan fingerprint density at radius 2 is 1.06 bits per heavy atom. The lowest BCUT2D eigenvalue weighted by molar-refractivity contribution is -0.291. The molecule has 0 amide bonds. The summed E-state index contributed by atoms with van der Waals surface area (Å²) in [5.41, 5.74) is -0.724. The molecule has 4 N–H and O–H groups in total. The fourth-order valence-electron chi connectivity index (χ4n) is 6.68. The average molecular weight is 513 g/mol. The van der Waals surface area contributed by atoms with Crippen molar-refractivity contribution in [3.63, 3.8) is 0 Å². The maximum atomic E-state index is 12.9. The first-order valence-corrected chi connectivity index (χ1v) is 13.7. The molecule has 2 heterocycles. The zero-order valence-corrected chi connectivity index (χ0v) is 24.0. The van der Waals surface area contributed by atoms with Crippen LogP contribution in [0.2, 0.25) is 0 Å². The minimum Gasteiger partial charge on any atom is -0.481 e. The van der Waals surface area contributed by atoms with Crippen LogP contribution in [0.3, 0.4) is 0 Å². The van der Waals surface area contributed by atoms with Crippen LogP contribution in [-0.2, 0) is 19.1 Å². The Kier molecular flexibility index (Phi) is 10.0. The highest BCUT2D eigenvalue weighted by Crippen LogP contribution is 2.39. The van der Waals surface area contributed by atoms with Crippen molar-refractivity contribution in [2.24, 2.45) is 0 Å². The first-order valence-electron chi connectivity index (χ1n) is 13.7. The molecule has 0 aromatic heterocycles. The summed E-state index contributed by atoms with van der Waals surface area (Å²) >= 11 is 0. The first-order chi connectivity index (χ1) is 16.3. The van der Waals surface area contributed by atoms with Gasteiger partial charge in [-0.1, -0.05) is 19.3 Å². The fourth-order valence-corrected chi connectivity index (χ4v) is 6.68. The van der Waals surface area contributed by atoms with E-state index in [9.17, 15) is 14.7 Å². The minimum atomic E-state index is -1.70. The van der Waals surface area contributed by atoms with Crippen LogP contribution >= 0.6 is 0 Å². The first kappa shape index (κ1) is 31.0. The predicted octanol–water partition coefficient (Wildman–Crippen LogP) is 5.23. The number of piperidine rings is 2. The zero-order chi connectivity index (χ0) is 27.4. The number of carbonyl (C=O) groups is 2. The maximum absolute atomic E-state index is 12.9. The largest absolute Gasteiger partial charge is 0.481 e. The van der Waals surface area contributed by atoms with Gasteiger partial charge >= 0.3 is 11.9 Å². The molecule has 0 atom stereocenters. The number of carboxylic acid groups (broad SMARTS) is 2. The van der Waals surface area contributed by atoms with E-state index in [1.165, 1.54) is 0 Å². The number of hydrogen-bond acceptors (Lipinski definition) is 6. The minimum absolute atomic E-state index is 0.174. The number of unbranched alkanes of at least 4 members (excludes halogenated alkanes) is 4. The normalized spacial score (nSPS) is 23.9. The van der Waals surface area contributed by atoms with Crippen molar-refractivity contribution < 1.29 is 29.3 Å². The van der Waals surface area contributed by atoms with Crippen LogP contribution in [-0.4, -0.2) is 62.3 Å². The fraction of sp³-hybridized carbons (Fsp3) is 0.929. The van der Waals surface area contributed by atoms with Crippen molar-refractivity contribution in [2.75, 3.05) is 0 Å². The molecule has 2 aliphatic rings. The standard InChI is InChI=1S/C28H52N2O6/c1-24(2)16-20(17-25(3,4)29-24)35-28(23(33)34,15-13-11-9-10-12-14-22(31)32)36-21-18-26(5,6)30-27(7,8)19-21/h20-21,29-30H,9-19H2,1-8H3,(H,31,32)(H,33,34). The van der Waals surface area contributed by atoms with E-state index in [4.69, 9.17) is 14.6 Å². The van der Waals surface area contributed by atoms with E-state index in [-0.39, 0.29) is 47.2 Å². The van der Waals surface area contributed by atoms with Crippen LogP contribution < -0.4 is 10.6 Å². The Labute approximate surface area is 218 Å². The van der Waals surface area contributed by atoms with Gasteiger partial charge in [0.15, 0.2) is 0 Å². The summed E-state index contributed by atoms with van der Waals surface area (Å²) in [4.78, 5) is 23.7. The molecule has 210 valence electrons. The summed E-state index contributed by atoms with van der Waals surface area (Å²) < 4.78 is 13.1. The second kappa shape index (κ2) is 11.7. The Balaban J connectivity index is 2.20. The van der Waals surface area contributed by atoms with Gasteiger partial charge in [-0.05, 0) is 93.9 Å². The molecule has 0 spiro atoms. The monoisotopic (exact) mass is 512 g/mol. The number of aliphatic carboxylic acids is 2. The Bertz CT molecular complexity index is 689. The molecule has 0 radical (unpaired) electrons. The van der Waals surface area contributed by atoms with Crippen LogP contribution in [0.4, 0.5) is 0 Å². The lowest BCUT2D eigenvalue weighted by Gasteiger charge is -2.50. The molecule has 36 heavy (non-hydrogen) atoms. The lowest BCUT2D eigenvalue weighted by Crippen LogP contribution is -2.63. The van der Waals surface area contributed by atoms with Crippen molar-refractivity contribution in [3.05, 3.63) is 0 Å². The van der Waals surface area contributed by atoms with E-state index < -0.39 is 17.7 Å². The van der Waals surface area contributed by atoms with Crippen LogP contribution in [0.15, 0.2) is 0 Å². The van der Waals surface area contributed by atoms with E-state index in [1.54, 1.807) is 0 Å². The van der Waals surface area contributed by atoms with E-state index in [1.807, 2.05) is 0 Å². The number of carboxylic acids is 2. The highest BCUT2D eigenvalue weighted by molar-refractivity contribution is 5.75. The molecule has 0 aliphatic carbocycles. The van der Waals surface area contributed by atoms with Crippen LogP contribution in [0.25, 0.3) is 0 Å². The molecule has 0 saturated carbocycles. The van der Waals surface area contributed by atoms with Gasteiger partial charge in [-0.25, -0.2) is 4.79 Å². The molecule has 2 fully saturated rings.